The zero-order valence-corrected chi connectivity index (χ0v) is 30.0. The molecule has 0 aromatic carbocycles. The molecule has 0 saturated heterocycles. The van der Waals surface area contributed by atoms with Crippen molar-refractivity contribution in [3.05, 3.63) is 24.3 Å². The monoisotopic (exact) mass is 617 g/mol. The van der Waals surface area contributed by atoms with Crippen LogP contribution in [0.3, 0.4) is 0 Å². The summed E-state index contributed by atoms with van der Waals surface area (Å²) >= 11 is 0. The van der Waals surface area contributed by atoms with Gasteiger partial charge < -0.3 is 23.4 Å². The Kier molecular flexibility index (Phi) is 24.5. The maximum Gasteiger partial charge on any atom is 0.385 e. The van der Waals surface area contributed by atoms with Gasteiger partial charge in [-0.3, -0.25) is 4.57 Å². The number of hydrogen-bond donors (Lipinski definition) is 1. The van der Waals surface area contributed by atoms with E-state index in [1.54, 1.807) is 0 Å². The number of nitrogens with zero attached hydrogens (tertiary/aromatic N) is 1. The van der Waals surface area contributed by atoms with Gasteiger partial charge >= 0.3 is 7.60 Å². The Morgan fingerprint density at radius 2 is 1.17 bits per heavy atom. The lowest BCUT2D eigenvalue weighted by Gasteiger charge is -2.36. The van der Waals surface area contributed by atoms with Crippen LogP contribution < -0.4 is 0 Å². The molecule has 0 aliphatic carbocycles. The second-order valence-electron chi connectivity index (χ2n) is 13.8. The normalized spacial score (nSPS) is 15.9. The highest BCUT2D eigenvalue weighted by Gasteiger charge is 2.42. The van der Waals surface area contributed by atoms with Crippen molar-refractivity contribution in [1.82, 2.24) is 0 Å². The van der Waals surface area contributed by atoms with E-state index in [0.717, 1.165) is 19.3 Å². The molecule has 0 aromatic heterocycles. The molecule has 0 aliphatic heterocycles. The molecule has 0 amide bonds. The largest absolute Gasteiger partial charge is 0.385 e. The maximum absolute atomic E-state index is 12.9. The number of unbranched alkanes of at least 4 members (excludes halogenated alkanes) is 13. The van der Waals surface area contributed by atoms with Crippen LogP contribution >= 0.6 is 7.60 Å². The Hall–Kier alpha value is -0.490. The van der Waals surface area contributed by atoms with E-state index in [2.05, 4.69) is 31.2 Å². The number of allylic oxidation sites excluding steroid dienone is 4. The third kappa shape index (κ3) is 24.9. The van der Waals surface area contributed by atoms with E-state index in [4.69, 9.17) is 14.0 Å². The van der Waals surface area contributed by atoms with Crippen molar-refractivity contribution in [2.45, 2.75) is 161 Å². The van der Waals surface area contributed by atoms with Crippen molar-refractivity contribution < 1.29 is 27.9 Å². The van der Waals surface area contributed by atoms with Gasteiger partial charge in [0.05, 0.1) is 40.0 Å². The summed E-state index contributed by atoms with van der Waals surface area (Å²) < 4.78 is 30.9. The molecule has 7 heteroatoms. The molecule has 0 bridgehead atoms. The van der Waals surface area contributed by atoms with E-state index in [1.165, 1.54) is 83.5 Å². The van der Waals surface area contributed by atoms with Gasteiger partial charge in [0.2, 0.25) is 0 Å². The van der Waals surface area contributed by atoms with Crippen LogP contribution in [-0.2, 0) is 18.6 Å². The summed E-state index contributed by atoms with van der Waals surface area (Å²) in [6, 6.07) is 0. The first kappa shape index (κ1) is 41.5. The molecule has 6 nitrogen and oxygen atoms in total. The van der Waals surface area contributed by atoms with Gasteiger partial charge in [-0.05, 0) is 72.1 Å². The van der Waals surface area contributed by atoms with Gasteiger partial charge in [0, 0.05) is 13.0 Å². The van der Waals surface area contributed by atoms with Crippen molar-refractivity contribution in [3.63, 3.8) is 0 Å². The molecule has 3 atom stereocenters. The van der Waals surface area contributed by atoms with Crippen LogP contribution in [0.25, 0.3) is 0 Å². The van der Waals surface area contributed by atoms with E-state index < -0.39 is 25.1 Å². The second kappa shape index (κ2) is 24.8. The van der Waals surface area contributed by atoms with Gasteiger partial charge in [0.25, 0.3) is 0 Å². The molecule has 0 fully saturated rings. The van der Waals surface area contributed by atoms with Crippen LogP contribution in [-0.4, -0.2) is 67.8 Å². The average Bonchev–Trinajstić information content (AvgIpc) is 2.88. The van der Waals surface area contributed by atoms with Crippen molar-refractivity contribution in [2.24, 2.45) is 0 Å². The minimum absolute atomic E-state index is 0.0430. The Balaban J connectivity index is 3.91. The molecule has 0 aromatic rings. The van der Waals surface area contributed by atoms with Crippen LogP contribution in [0.2, 0.25) is 0 Å². The van der Waals surface area contributed by atoms with Crippen LogP contribution in [0, 0.1) is 0 Å². The predicted octanol–water partition coefficient (Wildman–Crippen LogP) is 10.2. The minimum Gasteiger partial charge on any atom is -0.379 e. The fraction of sp³-hybridized carbons (Fsp3) is 0.886. The summed E-state index contributed by atoms with van der Waals surface area (Å²) in [5.74, 6) is -0.477. The molecule has 2 unspecified atom stereocenters. The smallest absolute Gasteiger partial charge is 0.379 e. The highest BCUT2D eigenvalue weighted by molar-refractivity contribution is 7.53. The highest BCUT2D eigenvalue weighted by atomic mass is 31.2. The SMILES string of the molecule is CCCC/C=C\CCCCCCCCCC/C=C\CCCCOC[C@H](COP(=O)(O)C(CC)[N+](C)(C)C)OC(C)(C)C. The van der Waals surface area contributed by atoms with Crippen molar-refractivity contribution in [1.29, 1.82) is 0 Å². The Bertz CT molecular complexity index is 726. The lowest BCUT2D eigenvalue weighted by molar-refractivity contribution is -0.883. The van der Waals surface area contributed by atoms with Crippen LogP contribution in [0.5, 0.6) is 0 Å². The van der Waals surface area contributed by atoms with E-state index in [0.29, 0.717) is 24.1 Å². The number of hydrogen-bond acceptors (Lipinski definition) is 4. The molecule has 0 radical (unpaired) electrons. The first-order valence-electron chi connectivity index (χ1n) is 17.2. The Labute approximate surface area is 261 Å². The third-order valence-corrected chi connectivity index (χ3v) is 9.69. The molecule has 0 saturated carbocycles. The number of quaternary nitrogens is 1. The fourth-order valence-electron chi connectivity index (χ4n) is 5.17. The van der Waals surface area contributed by atoms with Gasteiger partial charge in [-0.15, -0.1) is 0 Å². The van der Waals surface area contributed by atoms with E-state index in [1.807, 2.05) is 48.8 Å². The predicted molar refractivity (Wildman–Crippen MR) is 181 cm³/mol. The van der Waals surface area contributed by atoms with E-state index >= 15 is 0 Å². The van der Waals surface area contributed by atoms with Crippen molar-refractivity contribution >= 4 is 7.60 Å². The fourth-order valence-corrected chi connectivity index (χ4v) is 7.06. The average molecular weight is 617 g/mol. The standard InChI is InChI=1S/C35H70NO5P/c1-9-11-12-13-14-15-16-17-18-19-20-21-22-23-24-25-26-27-28-29-30-39-31-33(41-35(3,4)5)32-40-42(37,38)34(10-2)36(6,7)8/h13-14,25-26,33-34H,9-12,15-24,27-32H2,1-8H3/p+1/b14-13-,26-25-/t33-,34?/m1/s1. The number of ether oxygens (including phenoxy) is 2. The van der Waals surface area contributed by atoms with Gasteiger partial charge in [-0.1, -0.05) is 89.5 Å². The van der Waals surface area contributed by atoms with Gasteiger partial charge in [0.15, 0.2) is 5.78 Å². The highest BCUT2D eigenvalue weighted by Crippen LogP contribution is 2.51. The molecule has 0 heterocycles. The summed E-state index contributed by atoms with van der Waals surface area (Å²) in [5.41, 5.74) is -0.392. The van der Waals surface area contributed by atoms with Gasteiger partial charge in [-0.25, -0.2) is 0 Å². The second-order valence-corrected chi connectivity index (χ2v) is 15.8. The zero-order valence-electron chi connectivity index (χ0n) is 29.1. The molecular formula is C35H71NO5P+. The topological polar surface area (TPSA) is 65.0 Å². The first-order valence-corrected chi connectivity index (χ1v) is 18.8. The molecular weight excluding hydrogens is 545 g/mol. The minimum atomic E-state index is -3.80. The van der Waals surface area contributed by atoms with Gasteiger partial charge in [0.1, 0.15) is 6.10 Å². The summed E-state index contributed by atoms with van der Waals surface area (Å²) in [6.45, 7) is 11.1. The molecule has 0 spiro atoms. The van der Waals surface area contributed by atoms with Crippen LogP contribution in [0.15, 0.2) is 24.3 Å². The van der Waals surface area contributed by atoms with Crippen molar-refractivity contribution in [3.8, 4) is 0 Å². The molecule has 1 N–H and O–H groups in total. The van der Waals surface area contributed by atoms with Crippen molar-refractivity contribution in [2.75, 3.05) is 41.0 Å². The van der Waals surface area contributed by atoms with Gasteiger partial charge in [-0.2, -0.15) is 0 Å². The molecule has 0 aliphatic rings. The van der Waals surface area contributed by atoms with E-state index in [9.17, 15) is 9.46 Å². The third-order valence-electron chi connectivity index (χ3n) is 7.36. The maximum atomic E-state index is 12.9. The summed E-state index contributed by atoms with van der Waals surface area (Å²) in [6.07, 6.45) is 30.0. The Morgan fingerprint density at radius 1 is 0.714 bits per heavy atom. The Morgan fingerprint density at radius 3 is 1.60 bits per heavy atom. The lowest BCUT2D eigenvalue weighted by Crippen LogP contribution is -2.45. The molecule has 42 heavy (non-hydrogen) atoms. The summed E-state index contributed by atoms with van der Waals surface area (Å²) in [4.78, 5) is 10.6. The number of rotatable bonds is 28. The van der Waals surface area contributed by atoms with Crippen LogP contribution in [0.4, 0.5) is 0 Å². The molecule has 0 rings (SSSR count). The first-order chi connectivity index (χ1) is 19.8. The molecule has 250 valence electrons. The van der Waals surface area contributed by atoms with E-state index in [-0.39, 0.29) is 6.61 Å². The van der Waals surface area contributed by atoms with Crippen LogP contribution in [0.1, 0.15) is 144 Å². The summed E-state index contributed by atoms with van der Waals surface area (Å²) in [5, 5.41) is 0. The zero-order chi connectivity index (χ0) is 31.7. The summed E-state index contributed by atoms with van der Waals surface area (Å²) in [7, 11) is 1.95. The lowest BCUT2D eigenvalue weighted by atomic mass is 10.1. The quantitative estimate of drug-likeness (QED) is 0.0410.